The minimum Gasteiger partial charge on any atom is -0.507 e. The Morgan fingerprint density at radius 3 is 2.48 bits per heavy atom. The van der Waals surface area contributed by atoms with E-state index in [-0.39, 0.29) is 23.4 Å². The van der Waals surface area contributed by atoms with Gasteiger partial charge in [0.05, 0.1) is 28.7 Å². The van der Waals surface area contributed by atoms with Crippen molar-refractivity contribution in [3.05, 3.63) is 64.5 Å². The number of hydrogen-bond donors (Lipinski definition) is 1. The number of benzene rings is 2. The summed E-state index contributed by atoms with van der Waals surface area (Å²) in [5, 5.41) is 10.9. The molecular formula is C22H23NO4. The molecule has 0 spiro atoms. The van der Waals surface area contributed by atoms with Crippen LogP contribution >= 0.6 is 0 Å². The molecule has 0 aliphatic carbocycles. The molecule has 2 heterocycles. The van der Waals surface area contributed by atoms with Gasteiger partial charge in [-0.1, -0.05) is 30.3 Å². The van der Waals surface area contributed by atoms with Crippen molar-refractivity contribution in [2.45, 2.75) is 32.6 Å². The molecule has 4 rings (SSSR count). The normalized spacial score (nSPS) is 20.8. The Bertz CT molecular complexity index is 1000. The molecule has 5 nitrogen and oxygen atoms in total. The first-order chi connectivity index (χ1) is 13.0. The second-order valence-electron chi connectivity index (χ2n) is 7.24. The second kappa shape index (κ2) is 7.18. The zero-order valence-electron chi connectivity index (χ0n) is 15.5. The molecule has 1 aromatic heterocycles. The van der Waals surface area contributed by atoms with Gasteiger partial charge in [0.25, 0.3) is 0 Å². The van der Waals surface area contributed by atoms with Gasteiger partial charge >= 0.3 is 0 Å². The number of nitrogens with zero attached hydrogens (tertiary/aromatic N) is 1. The molecule has 140 valence electrons. The molecule has 2 atom stereocenters. The highest BCUT2D eigenvalue weighted by Crippen LogP contribution is 2.29. The number of hydrogen-bond acceptors (Lipinski definition) is 5. The van der Waals surface area contributed by atoms with E-state index in [1.165, 1.54) is 6.26 Å². The number of rotatable bonds is 3. The van der Waals surface area contributed by atoms with Gasteiger partial charge in [-0.2, -0.15) is 0 Å². The van der Waals surface area contributed by atoms with Gasteiger partial charge < -0.3 is 14.3 Å². The van der Waals surface area contributed by atoms with Crippen LogP contribution in [0.2, 0.25) is 0 Å². The number of ether oxygens (including phenoxy) is 1. The number of morpholine rings is 1. The van der Waals surface area contributed by atoms with Crippen molar-refractivity contribution in [1.82, 2.24) is 4.90 Å². The summed E-state index contributed by atoms with van der Waals surface area (Å²) in [5.74, 6) is 0.143. The minimum atomic E-state index is -0.0904. The maximum Gasteiger partial charge on any atom is 0.200 e. The Labute approximate surface area is 157 Å². The van der Waals surface area contributed by atoms with Crippen LogP contribution in [0.3, 0.4) is 0 Å². The van der Waals surface area contributed by atoms with Crippen molar-refractivity contribution in [1.29, 1.82) is 0 Å². The number of aromatic hydroxyl groups is 1. The number of phenolic OH excluding ortho intramolecular Hbond substituents is 1. The summed E-state index contributed by atoms with van der Waals surface area (Å²) in [6.45, 7) is 6.13. The first kappa shape index (κ1) is 17.8. The van der Waals surface area contributed by atoms with Gasteiger partial charge in [-0.15, -0.1) is 0 Å². The van der Waals surface area contributed by atoms with Gasteiger partial charge in [0.2, 0.25) is 5.43 Å². The Balaban J connectivity index is 1.76. The molecule has 0 amide bonds. The highest BCUT2D eigenvalue weighted by atomic mass is 16.5. The average Bonchev–Trinajstić information content (AvgIpc) is 2.64. The smallest absolute Gasteiger partial charge is 0.200 e. The van der Waals surface area contributed by atoms with Crippen LogP contribution in [0.1, 0.15) is 19.4 Å². The molecule has 1 aliphatic rings. The predicted octanol–water partition coefficient (Wildman–Crippen LogP) is 3.77. The predicted molar refractivity (Wildman–Crippen MR) is 105 cm³/mol. The Kier molecular flexibility index (Phi) is 4.72. The molecule has 5 heteroatoms. The summed E-state index contributed by atoms with van der Waals surface area (Å²) in [5.41, 5.74) is 2.34. The third-order valence-electron chi connectivity index (χ3n) is 4.98. The standard InChI is InChI=1S/C22H23NO4/c1-14-10-23(11-15(2)27-14)12-18-20(24)9-8-17-21(25)19(13-26-22(17)18)16-6-4-3-5-7-16/h3-9,13-15,24H,10-12H2,1-2H3/t14-,15+. The van der Waals surface area contributed by atoms with Crippen molar-refractivity contribution in [3.8, 4) is 16.9 Å². The van der Waals surface area contributed by atoms with Crippen molar-refractivity contribution in [3.63, 3.8) is 0 Å². The van der Waals surface area contributed by atoms with Crippen LogP contribution in [-0.4, -0.2) is 35.3 Å². The van der Waals surface area contributed by atoms with Gasteiger partial charge in [-0.3, -0.25) is 9.69 Å². The molecule has 0 bridgehead atoms. The molecule has 1 fully saturated rings. The lowest BCUT2D eigenvalue weighted by Crippen LogP contribution is -2.44. The van der Waals surface area contributed by atoms with E-state index in [1.54, 1.807) is 12.1 Å². The quantitative estimate of drug-likeness (QED) is 0.765. The summed E-state index contributed by atoms with van der Waals surface area (Å²) in [7, 11) is 0. The third-order valence-corrected chi connectivity index (χ3v) is 4.98. The molecule has 0 radical (unpaired) electrons. The summed E-state index contributed by atoms with van der Waals surface area (Å²) in [6.07, 6.45) is 1.75. The van der Waals surface area contributed by atoms with Crippen molar-refractivity contribution in [2.75, 3.05) is 13.1 Å². The Morgan fingerprint density at radius 2 is 1.78 bits per heavy atom. The third kappa shape index (κ3) is 3.48. The molecule has 1 N–H and O–H groups in total. The van der Waals surface area contributed by atoms with Gasteiger partial charge in [-0.25, -0.2) is 0 Å². The summed E-state index contributed by atoms with van der Waals surface area (Å²) < 4.78 is 11.6. The van der Waals surface area contributed by atoms with E-state index in [0.717, 1.165) is 18.7 Å². The lowest BCUT2D eigenvalue weighted by Gasteiger charge is -2.35. The molecule has 1 saturated heterocycles. The second-order valence-corrected chi connectivity index (χ2v) is 7.24. The molecule has 27 heavy (non-hydrogen) atoms. The zero-order valence-corrected chi connectivity index (χ0v) is 15.5. The van der Waals surface area contributed by atoms with E-state index in [4.69, 9.17) is 9.15 Å². The molecular weight excluding hydrogens is 342 g/mol. The zero-order chi connectivity index (χ0) is 19.0. The summed E-state index contributed by atoms with van der Waals surface area (Å²) in [6, 6.07) is 12.7. The van der Waals surface area contributed by atoms with Gasteiger partial charge in [0, 0.05) is 19.6 Å². The van der Waals surface area contributed by atoms with Gasteiger partial charge in [-0.05, 0) is 31.5 Å². The molecule has 1 aliphatic heterocycles. The van der Waals surface area contributed by atoms with Crippen molar-refractivity contribution in [2.24, 2.45) is 0 Å². The van der Waals surface area contributed by atoms with Crippen LogP contribution in [0.25, 0.3) is 22.1 Å². The summed E-state index contributed by atoms with van der Waals surface area (Å²) >= 11 is 0. The fourth-order valence-corrected chi connectivity index (χ4v) is 3.85. The SMILES string of the molecule is C[C@@H]1CN(Cc2c(O)ccc3c(=O)c(-c4ccccc4)coc23)C[C@H](C)O1. The number of phenols is 1. The fourth-order valence-electron chi connectivity index (χ4n) is 3.85. The van der Waals surface area contributed by atoms with Gasteiger partial charge in [0.15, 0.2) is 0 Å². The Hall–Kier alpha value is -2.63. The van der Waals surface area contributed by atoms with E-state index in [2.05, 4.69) is 4.90 Å². The molecule has 3 aromatic rings. The van der Waals surface area contributed by atoms with E-state index < -0.39 is 0 Å². The first-order valence-corrected chi connectivity index (χ1v) is 9.22. The van der Waals surface area contributed by atoms with Crippen LogP contribution in [0.5, 0.6) is 5.75 Å². The number of fused-ring (bicyclic) bond motifs is 1. The largest absolute Gasteiger partial charge is 0.507 e. The fraction of sp³-hybridized carbons (Fsp3) is 0.318. The van der Waals surface area contributed by atoms with Crippen LogP contribution in [0.4, 0.5) is 0 Å². The minimum absolute atomic E-state index is 0.0904. The van der Waals surface area contributed by atoms with E-state index >= 15 is 0 Å². The molecule has 0 unspecified atom stereocenters. The Morgan fingerprint density at radius 1 is 1.07 bits per heavy atom. The lowest BCUT2D eigenvalue weighted by atomic mass is 10.0. The maximum absolute atomic E-state index is 13.0. The maximum atomic E-state index is 13.0. The lowest BCUT2D eigenvalue weighted by molar-refractivity contribution is -0.0705. The van der Waals surface area contributed by atoms with E-state index in [0.29, 0.717) is 28.6 Å². The van der Waals surface area contributed by atoms with Crippen molar-refractivity contribution < 1.29 is 14.3 Å². The van der Waals surface area contributed by atoms with Crippen LogP contribution < -0.4 is 5.43 Å². The first-order valence-electron chi connectivity index (χ1n) is 9.22. The summed E-state index contributed by atoms with van der Waals surface area (Å²) in [4.78, 5) is 15.2. The van der Waals surface area contributed by atoms with Gasteiger partial charge in [0.1, 0.15) is 17.6 Å². The highest BCUT2D eigenvalue weighted by molar-refractivity contribution is 5.85. The van der Waals surface area contributed by atoms with E-state index in [1.807, 2.05) is 44.2 Å². The molecule has 2 aromatic carbocycles. The topological polar surface area (TPSA) is 62.9 Å². The van der Waals surface area contributed by atoms with Crippen LogP contribution in [0, 0.1) is 0 Å². The van der Waals surface area contributed by atoms with E-state index in [9.17, 15) is 9.90 Å². The van der Waals surface area contributed by atoms with Crippen LogP contribution in [0.15, 0.2) is 57.9 Å². The monoisotopic (exact) mass is 365 g/mol. The average molecular weight is 365 g/mol. The van der Waals surface area contributed by atoms with Crippen LogP contribution in [-0.2, 0) is 11.3 Å². The molecule has 0 saturated carbocycles. The van der Waals surface area contributed by atoms with Crippen molar-refractivity contribution >= 4 is 11.0 Å². The highest BCUT2D eigenvalue weighted by Gasteiger charge is 2.24.